The van der Waals surface area contributed by atoms with Crippen LogP contribution in [0, 0.1) is 0 Å². The van der Waals surface area contributed by atoms with E-state index in [0.29, 0.717) is 0 Å². The minimum Gasteiger partial charge on any atom is -0.0616 e. The lowest BCUT2D eigenvalue weighted by Crippen LogP contribution is -2.15. The van der Waals surface area contributed by atoms with Gasteiger partial charge in [0.2, 0.25) is 0 Å². The molecule has 0 unspecified atom stereocenters. The maximum Gasteiger partial charge on any atom is 0.0159 e. The van der Waals surface area contributed by atoms with Gasteiger partial charge < -0.3 is 0 Å². The van der Waals surface area contributed by atoms with Crippen LogP contribution in [-0.4, -0.2) is 0 Å². The second-order valence-electron chi connectivity index (χ2n) is 21.1. The highest BCUT2D eigenvalue weighted by Crippen LogP contribution is 2.60. The van der Waals surface area contributed by atoms with Gasteiger partial charge in [-0.15, -0.1) is 0 Å². The van der Waals surface area contributed by atoms with Gasteiger partial charge in [0.15, 0.2) is 0 Å². The lowest BCUT2D eigenvalue weighted by Gasteiger charge is -2.25. The predicted molar refractivity (Wildman–Crippen MR) is 298 cm³/mol. The van der Waals surface area contributed by atoms with E-state index in [2.05, 4.69) is 246 Å². The summed E-state index contributed by atoms with van der Waals surface area (Å²) in [6.07, 6.45) is 0. The van der Waals surface area contributed by atoms with Crippen LogP contribution in [0.2, 0.25) is 0 Å². The van der Waals surface area contributed by atoms with E-state index in [1.807, 2.05) is 0 Å². The summed E-state index contributed by atoms with van der Waals surface area (Å²) in [6.45, 7) is 9.70. The van der Waals surface area contributed by atoms with Gasteiger partial charge in [-0.05, 0) is 179 Å². The van der Waals surface area contributed by atoms with Crippen molar-refractivity contribution in [2.75, 3.05) is 0 Å². The van der Waals surface area contributed by atoms with Crippen molar-refractivity contribution in [2.24, 2.45) is 0 Å². The van der Waals surface area contributed by atoms with Gasteiger partial charge in [-0.2, -0.15) is 0 Å². The standard InChI is InChI=1S/C70H48/c1-69(2)60-37-44(50-25-11-17-41-15-5-7-21-48(41)50)29-33-52(60)54-35-31-46(39-62(54)69)65-56-23-9-10-24-57(56)66(68-59-28-14-20-43-19-13-27-58(64(43)59)67(65)68)47-32-36-55-53-34-30-45(38-61(53)70(3,4)63(55)40-47)51-26-12-18-42-16-6-8-22-49(42)51/h5-40H,1-4H3. The van der Waals surface area contributed by atoms with E-state index < -0.39 is 0 Å². The van der Waals surface area contributed by atoms with E-state index in [1.54, 1.807) is 0 Å². The molecule has 15 rings (SSSR count). The first kappa shape index (κ1) is 39.7. The summed E-state index contributed by atoms with van der Waals surface area (Å²) in [5.74, 6) is 0. The van der Waals surface area contributed by atoms with Gasteiger partial charge >= 0.3 is 0 Å². The van der Waals surface area contributed by atoms with Crippen molar-refractivity contribution in [1.82, 2.24) is 0 Å². The molecule has 0 saturated carbocycles. The molecule has 12 aromatic carbocycles. The second kappa shape index (κ2) is 14.1. The molecule has 0 N–H and O–H groups in total. The molecule has 0 bridgehead atoms. The summed E-state index contributed by atoms with van der Waals surface area (Å²) in [5.41, 5.74) is 26.1. The van der Waals surface area contributed by atoms with Crippen molar-refractivity contribution in [2.45, 2.75) is 38.5 Å². The molecular weight excluding hydrogens is 841 g/mol. The number of fused-ring (bicyclic) bond motifs is 12. The van der Waals surface area contributed by atoms with Gasteiger partial charge in [0.25, 0.3) is 0 Å². The zero-order chi connectivity index (χ0) is 46.6. The lowest BCUT2D eigenvalue weighted by atomic mass is 9.78. The Balaban J connectivity index is 0.915. The van der Waals surface area contributed by atoms with Gasteiger partial charge in [-0.3, -0.25) is 0 Å². The number of rotatable bonds is 4. The molecule has 0 fully saturated rings. The van der Waals surface area contributed by atoms with E-state index in [1.165, 1.54) is 154 Å². The van der Waals surface area contributed by atoms with E-state index in [0.717, 1.165) is 0 Å². The third-order valence-corrected chi connectivity index (χ3v) is 16.8. The second-order valence-corrected chi connectivity index (χ2v) is 21.1. The van der Waals surface area contributed by atoms with Crippen molar-refractivity contribution < 1.29 is 0 Å². The Morgan fingerprint density at radius 2 is 0.543 bits per heavy atom. The van der Waals surface area contributed by atoms with Crippen LogP contribution in [0.25, 0.3) is 132 Å². The minimum absolute atomic E-state index is 0.201. The fraction of sp³-hybridized carbons (Fsp3) is 0.0857. The largest absolute Gasteiger partial charge is 0.0616 e. The molecule has 70 heavy (non-hydrogen) atoms. The molecule has 0 nitrogen and oxygen atoms in total. The number of hydrogen-bond donors (Lipinski definition) is 0. The van der Waals surface area contributed by atoms with Crippen LogP contribution in [0.15, 0.2) is 218 Å². The normalized spacial score (nSPS) is 14.2. The maximum absolute atomic E-state index is 2.54. The first-order valence-corrected chi connectivity index (χ1v) is 24.9. The molecule has 0 amide bonds. The van der Waals surface area contributed by atoms with Crippen molar-refractivity contribution in [1.29, 1.82) is 0 Å². The SMILES string of the molecule is CC1(C)c2cc(-c3cccc4ccccc34)ccc2-c2ccc(-c3c4c(c(-c5ccc6c(c5)C(C)(C)c5cc(-c7cccc8ccccc78)ccc5-6)c5ccccc35)-c3cccc5cccc-4c35)cc21. The van der Waals surface area contributed by atoms with Gasteiger partial charge in [0.1, 0.15) is 0 Å². The highest BCUT2D eigenvalue weighted by molar-refractivity contribution is 6.27. The Labute approximate surface area is 409 Å². The van der Waals surface area contributed by atoms with E-state index in [9.17, 15) is 0 Å². The first-order chi connectivity index (χ1) is 34.2. The average Bonchev–Trinajstić information content (AvgIpc) is 3.94. The molecule has 3 aliphatic carbocycles. The third kappa shape index (κ3) is 5.31. The van der Waals surface area contributed by atoms with Gasteiger partial charge in [0.05, 0.1) is 0 Å². The van der Waals surface area contributed by atoms with Crippen LogP contribution in [0.3, 0.4) is 0 Å². The van der Waals surface area contributed by atoms with Crippen LogP contribution in [0.4, 0.5) is 0 Å². The van der Waals surface area contributed by atoms with Gasteiger partial charge in [0, 0.05) is 10.8 Å². The average molecular weight is 889 g/mol. The number of benzene rings is 12. The molecule has 0 heterocycles. The van der Waals surface area contributed by atoms with Crippen LogP contribution >= 0.6 is 0 Å². The lowest BCUT2D eigenvalue weighted by molar-refractivity contribution is 0.660. The minimum atomic E-state index is -0.201. The zero-order valence-electron chi connectivity index (χ0n) is 39.8. The predicted octanol–water partition coefficient (Wildman–Crippen LogP) is 19.2. The molecule has 0 heteroatoms. The van der Waals surface area contributed by atoms with Crippen LogP contribution in [0.1, 0.15) is 49.9 Å². The highest BCUT2D eigenvalue weighted by atomic mass is 14.4. The Bertz CT molecular complexity index is 4000. The molecule has 12 aromatic rings. The molecule has 0 spiro atoms. The monoisotopic (exact) mass is 888 g/mol. The Morgan fingerprint density at radius 3 is 0.957 bits per heavy atom. The Kier molecular flexibility index (Phi) is 8.00. The molecule has 0 aromatic heterocycles. The zero-order valence-corrected chi connectivity index (χ0v) is 39.8. The fourth-order valence-corrected chi connectivity index (χ4v) is 13.4. The quantitative estimate of drug-likeness (QED) is 0.165. The highest BCUT2D eigenvalue weighted by Gasteiger charge is 2.39. The summed E-state index contributed by atoms with van der Waals surface area (Å²) in [4.78, 5) is 0. The fourth-order valence-electron chi connectivity index (χ4n) is 13.4. The van der Waals surface area contributed by atoms with Crippen molar-refractivity contribution in [3.63, 3.8) is 0 Å². The summed E-state index contributed by atoms with van der Waals surface area (Å²) in [5, 5.41) is 10.3. The summed E-state index contributed by atoms with van der Waals surface area (Å²) < 4.78 is 0. The maximum atomic E-state index is 2.54. The summed E-state index contributed by atoms with van der Waals surface area (Å²) in [7, 11) is 0. The Morgan fingerprint density at radius 1 is 0.229 bits per heavy atom. The topological polar surface area (TPSA) is 0 Å². The summed E-state index contributed by atoms with van der Waals surface area (Å²) in [6, 6.07) is 83.0. The molecule has 0 saturated heterocycles. The molecular formula is C70H48. The van der Waals surface area contributed by atoms with E-state index in [4.69, 9.17) is 0 Å². The van der Waals surface area contributed by atoms with Crippen molar-refractivity contribution in [3.05, 3.63) is 241 Å². The molecule has 0 atom stereocenters. The van der Waals surface area contributed by atoms with Crippen molar-refractivity contribution in [3.8, 4) is 89.0 Å². The molecule has 0 radical (unpaired) electrons. The molecule has 0 aliphatic heterocycles. The van der Waals surface area contributed by atoms with Gasteiger partial charge in [-0.25, -0.2) is 0 Å². The van der Waals surface area contributed by atoms with E-state index in [-0.39, 0.29) is 10.8 Å². The van der Waals surface area contributed by atoms with Crippen molar-refractivity contribution >= 4 is 43.1 Å². The first-order valence-electron chi connectivity index (χ1n) is 24.9. The smallest absolute Gasteiger partial charge is 0.0159 e. The molecule has 328 valence electrons. The summed E-state index contributed by atoms with van der Waals surface area (Å²) >= 11 is 0. The number of hydrogen-bond acceptors (Lipinski definition) is 0. The van der Waals surface area contributed by atoms with Crippen LogP contribution in [0.5, 0.6) is 0 Å². The van der Waals surface area contributed by atoms with Crippen LogP contribution < -0.4 is 0 Å². The molecule has 3 aliphatic rings. The third-order valence-electron chi connectivity index (χ3n) is 16.8. The van der Waals surface area contributed by atoms with Crippen LogP contribution in [-0.2, 0) is 10.8 Å². The van der Waals surface area contributed by atoms with Gasteiger partial charge in [-0.1, -0.05) is 222 Å². The van der Waals surface area contributed by atoms with E-state index >= 15 is 0 Å². The Hall–Kier alpha value is -8.32.